The van der Waals surface area contributed by atoms with E-state index < -0.39 is 32.5 Å². The van der Waals surface area contributed by atoms with Gasteiger partial charge < -0.3 is 5.11 Å². The molecule has 3 aromatic rings. The standard InChI is InChI=1S/C22H22FN3O4S/c1-22(2,3)26-21(28)19(20(27)25(26)12-14-8-10-15(23)11-9-14)17-13-31(29,30)18-7-5-4-6-16(18)24-17/h4-11,27H,12-13H2,1-3H3. The van der Waals surface area contributed by atoms with E-state index in [0.29, 0.717) is 5.56 Å². The van der Waals surface area contributed by atoms with Crippen LogP contribution in [0.3, 0.4) is 0 Å². The normalized spacial score (nSPS) is 15.4. The molecule has 31 heavy (non-hydrogen) atoms. The number of fused-ring (bicyclic) bond motifs is 1. The van der Waals surface area contributed by atoms with E-state index in [1.165, 1.54) is 27.6 Å². The number of aromatic hydroxyl groups is 1. The third-order valence-corrected chi connectivity index (χ3v) is 6.74. The minimum atomic E-state index is -3.72. The van der Waals surface area contributed by atoms with Crippen molar-refractivity contribution in [1.82, 2.24) is 9.36 Å². The third-order valence-electron chi connectivity index (χ3n) is 5.07. The summed E-state index contributed by atoms with van der Waals surface area (Å²) < 4.78 is 41.6. The van der Waals surface area contributed by atoms with E-state index in [1.807, 2.05) is 0 Å². The maximum absolute atomic E-state index is 13.4. The minimum Gasteiger partial charge on any atom is -0.493 e. The molecule has 0 bridgehead atoms. The maximum Gasteiger partial charge on any atom is 0.280 e. The Morgan fingerprint density at radius 1 is 1.10 bits per heavy atom. The molecule has 0 unspecified atom stereocenters. The van der Waals surface area contributed by atoms with E-state index in [-0.39, 0.29) is 34.3 Å². The quantitative estimate of drug-likeness (QED) is 0.673. The summed E-state index contributed by atoms with van der Waals surface area (Å²) in [6.45, 7) is 5.49. The Morgan fingerprint density at radius 2 is 1.74 bits per heavy atom. The van der Waals surface area contributed by atoms with Crippen molar-refractivity contribution in [2.75, 3.05) is 5.75 Å². The summed E-state index contributed by atoms with van der Waals surface area (Å²) in [5.74, 6) is -1.26. The van der Waals surface area contributed by atoms with Gasteiger partial charge >= 0.3 is 0 Å². The smallest absolute Gasteiger partial charge is 0.280 e. The minimum absolute atomic E-state index is 0.00273. The summed E-state index contributed by atoms with van der Waals surface area (Å²) in [7, 11) is -3.72. The Labute approximate surface area is 179 Å². The second kappa shape index (κ2) is 7.19. The van der Waals surface area contributed by atoms with E-state index in [1.54, 1.807) is 51.1 Å². The summed E-state index contributed by atoms with van der Waals surface area (Å²) in [5.41, 5.74) is -0.512. The number of halogens is 1. The van der Waals surface area contributed by atoms with Crippen LogP contribution < -0.4 is 5.56 Å². The molecular weight excluding hydrogens is 421 g/mol. The molecule has 2 aromatic carbocycles. The van der Waals surface area contributed by atoms with E-state index in [0.717, 1.165) is 0 Å². The number of benzene rings is 2. The lowest BCUT2D eigenvalue weighted by atomic mass is 10.1. The first-order valence-corrected chi connectivity index (χ1v) is 11.3. The van der Waals surface area contributed by atoms with Gasteiger partial charge in [0.1, 0.15) is 11.4 Å². The van der Waals surface area contributed by atoms with E-state index >= 15 is 0 Å². The lowest BCUT2D eigenvalue weighted by molar-refractivity contribution is 0.269. The molecule has 0 fully saturated rings. The number of aromatic nitrogens is 2. The van der Waals surface area contributed by atoms with Gasteiger partial charge in [-0.15, -0.1) is 0 Å². The highest BCUT2D eigenvalue weighted by Crippen LogP contribution is 2.32. The molecule has 9 heteroatoms. The average Bonchev–Trinajstić information content (AvgIpc) is 2.93. The van der Waals surface area contributed by atoms with Crippen LogP contribution in [0.1, 0.15) is 31.9 Å². The van der Waals surface area contributed by atoms with Crippen molar-refractivity contribution in [1.29, 1.82) is 0 Å². The highest BCUT2D eigenvalue weighted by Gasteiger charge is 2.34. The largest absolute Gasteiger partial charge is 0.493 e. The zero-order valence-electron chi connectivity index (χ0n) is 17.3. The fourth-order valence-corrected chi connectivity index (χ4v) is 5.18. The van der Waals surface area contributed by atoms with Crippen molar-refractivity contribution >= 4 is 21.2 Å². The molecule has 2 heterocycles. The molecule has 1 aliphatic rings. The lowest BCUT2D eigenvalue weighted by Gasteiger charge is -2.24. The fourth-order valence-electron chi connectivity index (χ4n) is 3.74. The van der Waals surface area contributed by atoms with Crippen LogP contribution in [-0.4, -0.2) is 34.4 Å². The number of hydrogen-bond acceptors (Lipinski definition) is 5. The number of para-hydroxylation sites is 1. The van der Waals surface area contributed by atoms with Crippen molar-refractivity contribution in [3.63, 3.8) is 0 Å². The zero-order chi connectivity index (χ0) is 22.6. The fraction of sp³-hybridized carbons (Fsp3) is 0.273. The van der Waals surface area contributed by atoms with Gasteiger partial charge in [-0.3, -0.25) is 4.79 Å². The molecule has 0 radical (unpaired) electrons. The molecule has 1 aliphatic heterocycles. The molecule has 0 atom stereocenters. The van der Waals surface area contributed by atoms with Crippen LogP contribution in [-0.2, 0) is 21.9 Å². The molecule has 1 N–H and O–H groups in total. The monoisotopic (exact) mass is 443 g/mol. The zero-order valence-corrected chi connectivity index (χ0v) is 18.1. The predicted octanol–water partition coefficient (Wildman–Crippen LogP) is 3.21. The second-order valence-corrected chi connectivity index (χ2v) is 10.4. The van der Waals surface area contributed by atoms with Crippen molar-refractivity contribution in [3.8, 4) is 5.88 Å². The van der Waals surface area contributed by atoms with Gasteiger partial charge in [-0.1, -0.05) is 24.3 Å². The Hall–Kier alpha value is -3.20. The van der Waals surface area contributed by atoms with Crippen LogP contribution in [0.15, 0.2) is 63.2 Å². The first-order chi connectivity index (χ1) is 14.5. The first-order valence-electron chi connectivity index (χ1n) is 9.68. The maximum atomic E-state index is 13.4. The van der Waals surface area contributed by atoms with Gasteiger partial charge in [0.25, 0.3) is 5.56 Å². The predicted molar refractivity (Wildman–Crippen MR) is 116 cm³/mol. The van der Waals surface area contributed by atoms with Gasteiger partial charge in [-0.2, -0.15) is 0 Å². The molecule has 0 amide bonds. The summed E-state index contributed by atoms with van der Waals surface area (Å²) in [6.07, 6.45) is 0. The summed E-state index contributed by atoms with van der Waals surface area (Å²) in [4.78, 5) is 17.9. The molecule has 7 nitrogen and oxygen atoms in total. The van der Waals surface area contributed by atoms with Crippen molar-refractivity contribution in [2.45, 2.75) is 37.8 Å². The lowest BCUT2D eigenvalue weighted by Crippen LogP contribution is -2.38. The van der Waals surface area contributed by atoms with Crippen molar-refractivity contribution < 1.29 is 17.9 Å². The van der Waals surface area contributed by atoms with Gasteiger partial charge in [0.2, 0.25) is 5.88 Å². The highest BCUT2D eigenvalue weighted by atomic mass is 32.2. The molecule has 162 valence electrons. The number of rotatable bonds is 3. The first kappa shape index (κ1) is 21.0. The Balaban J connectivity index is 1.93. The molecular formula is C22H22FN3O4S. The van der Waals surface area contributed by atoms with E-state index in [4.69, 9.17) is 0 Å². The molecule has 0 spiro atoms. The van der Waals surface area contributed by atoms with Gasteiger partial charge in [0, 0.05) is 0 Å². The Kier molecular flexibility index (Phi) is 4.88. The van der Waals surface area contributed by atoms with E-state index in [2.05, 4.69) is 4.99 Å². The van der Waals surface area contributed by atoms with E-state index in [9.17, 15) is 22.7 Å². The SMILES string of the molecule is CC(C)(C)n1c(=O)c(C2=Nc3ccccc3S(=O)(=O)C2)c(O)n1Cc1ccc(F)cc1. The Bertz CT molecular complexity index is 1360. The van der Waals surface area contributed by atoms with Crippen LogP contribution in [0.4, 0.5) is 10.1 Å². The van der Waals surface area contributed by atoms with Crippen molar-refractivity contribution in [2.24, 2.45) is 4.99 Å². The summed E-state index contributed by atoms with van der Waals surface area (Å²) in [6, 6.07) is 12.0. The topological polar surface area (TPSA) is 93.7 Å². The van der Waals surface area contributed by atoms with Crippen molar-refractivity contribution in [3.05, 3.63) is 75.8 Å². The summed E-state index contributed by atoms with van der Waals surface area (Å²) in [5, 5.41) is 11.0. The Morgan fingerprint density at radius 3 is 2.39 bits per heavy atom. The van der Waals surface area contributed by atoms with Crippen LogP contribution in [0.5, 0.6) is 5.88 Å². The van der Waals surface area contributed by atoms with Crippen LogP contribution in [0.25, 0.3) is 0 Å². The number of nitrogens with zero attached hydrogens (tertiary/aromatic N) is 3. The molecule has 1 aromatic heterocycles. The number of aliphatic imine (C=N–C) groups is 1. The second-order valence-electron chi connectivity index (χ2n) is 8.46. The van der Waals surface area contributed by atoms with Crippen LogP contribution >= 0.6 is 0 Å². The highest BCUT2D eigenvalue weighted by molar-refractivity contribution is 7.92. The van der Waals surface area contributed by atoms with Gasteiger partial charge in [0.15, 0.2) is 9.84 Å². The average molecular weight is 444 g/mol. The molecule has 0 saturated heterocycles. The number of hydrogen-bond donors (Lipinski definition) is 1. The molecule has 0 saturated carbocycles. The van der Waals surface area contributed by atoms with Gasteiger partial charge in [-0.05, 0) is 50.6 Å². The van der Waals surface area contributed by atoms with Gasteiger partial charge in [-0.25, -0.2) is 27.2 Å². The van der Waals surface area contributed by atoms with Gasteiger partial charge in [0.05, 0.1) is 34.1 Å². The summed E-state index contributed by atoms with van der Waals surface area (Å²) >= 11 is 0. The molecule has 4 rings (SSSR count). The third kappa shape index (κ3) is 3.69. The van der Waals surface area contributed by atoms with Crippen LogP contribution in [0, 0.1) is 5.82 Å². The van der Waals surface area contributed by atoms with Crippen LogP contribution in [0.2, 0.25) is 0 Å². The number of sulfone groups is 1. The molecule has 0 aliphatic carbocycles.